The van der Waals surface area contributed by atoms with Crippen molar-refractivity contribution >= 4 is 17.6 Å². The first-order valence-corrected chi connectivity index (χ1v) is 10.2. The molecule has 0 radical (unpaired) electrons. The molecule has 8 heteroatoms. The number of rotatable bonds is 11. The van der Waals surface area contributed by atoms with Crippen molar-refractivity contribution in [1.29, 1.82) is 0 Å². The van der Waals surface area contributed by atoms with Gasteiger partial charge in [0, 0.05) is 23.3 Å². The monoisotopic (exact) mass is 446 g/mol. The average Bonchev–Trinajstić information content (AvgIpc) is 2.93. The van der Waals surface area contributed by atoms with E-state index in [0.717, 1.165) is 0 Å². The number of carbonyl (C=O) groups is 1. The molecule has 1 aromatic carbocycles. The van der Waals surface area contributed by atoms with Crippen LogP contribution in [-0.4, -0.2) is 46.2 Å². The van der Waals surface area contributed by atoms with Gasteiger partial charge in [-0.25, -0.2) is 0 Å². The third-order valence-corrected chi connectivity index (χ3v) is 5.25. The first-order chi connectivity index (χ1) is 13.9. The number of aliphatic carboxylic acids is 1. The normalized spacial score (nSPS) is 24.8. The summed E-state index contributed by atoms with van der Waals surface area (Å²) in [6.45, 7) is 0.0468. The van der Waals surface area contributed by atoms with Crippen LogP contribution in [0.15, 0.2) is 48.6 Å². The largest absolute Gasteiger partial charge is 1.00 e. The minimum Gasteiger partial charge on any atom is -0.550 e. The molecule has 0 aromatic heterocycles. The second-order valence-electron chi connectivity index (χ2n) is 7.30. The van der Waals surface area contributed by atoms with Crippen LogP contribution < -0.4 is 39.4 Å². The van der Waals surface area contributed by atoms with Crippen LogP contribution in [0.25, 0.3) is 0 Å². The number of allylic oxidation sites excluding steroid dienone is 2. The Morgan fingerprint density at radius 1 is 1.30 bits per heavy atom. The molecule has 30 heavy (non-hydrogen) atoms. The SMILES string of the molecule is O=C([O-])CCCC=CC[C@@H]1C(/C=C/[C@@H](O)COc2cccc(Cl)c2)[C@H](O)C[C@@H]1O.[Na+]. The standard InChI is InChI=1S/C22H29ClO6.Na/c23-15-6-5-7-17(12-15)29-14-16(24)10-11-19-18(20(25)13-21(19)26)8-3-1-2-4-9-22(27)28;/h1,3,5-7,10-12,16,18-21,24-26H,2,4,8-9,13-14H2,(H,27,28);/q;+1/p-1/b3-1?,11-10+;/t16-,18-,19?,20+,21-;/m1./s1. The quantitative estimate of drug-likeness (QED) is 0.225. The number of halogens is 1. The van der Waals surface area contributed by atoms with E-state index in [1.807, 2.05) is 12.2 Å². The predicted octanol–water partition coefficient (Wildman–Crippen LogP) is -1.14. The first-order valence-electron chi connectivity index (χ1n) is 9.82. The van der Waals surface area contributed by atoms with Gasteiger partial charge in [0.25, 0.3) is 0 Å². The van der Waals surface area contributed by atoms with E-state index in [2.05, 4.69) is 0 Å². The molecule has 0 amide bonds. The zero-order valence-electron chi connectivity index (χ0n) is 17.2. The van der Waals surface area contributed by atoms with Crippen LogP contribution in [-0.2, 0) is 4.79 Å². The van der Waals surface area contributed by atoms with Crippen molar-refractivity contribution in [3.05, 3.63) is 53.6 Å². The van der Waals surface area contributed by atoms with Gasteiger partial charge in [0.1, 0.15) is 18.5 Å². The molecule has 1 aromatic rings. The van der Waals surface area contributed by atoms with Crippen molar-refractivity contribution in [3.63, 3.8) is 0 Å². The molecule has 1 fully saturated rings. The summed E-state index contributed by atoms with van der Waals surface area (Å²) in [6, 6.07) is 6.89. The Morgan fingerprint density at radius 2 is 2.07 bits per heavy atom. The fourth-order valence-electron chi connectivity index (χ4n) is 3.49. The number of hydrogen-bond donors (Lipinski definition) is 3. The molecule has 0 saturated heterocycles. The summed E-state index contributed by atoms with van der Waals surface area (Å²) in [4.78, 5) is 10.4. The molecule has 5 atom stereocenters. The van der Waals surface area contributed by atoms with Gasteiger partial charge >= 0.3 is 29.6 Å². The number of ether oxygens (including phenoxy) is 1. The Kier molecular flexibility index (Phi) is 12.9. The molecule has 160 valence electrons. The zero-order chi connectivity index (χ0) is 21.2. The maximum absolute atomic E-state index is 10.4. The van der Waals surface area contributed by atoms with Crippen LogP contribution in [0.1, 0.15) is 32.1 Å². The summed E-state index contributed by atoms with van der Waals surface area (Å²) in [6.07, 6.45) is 6.93. The summed E-state index contributed by atoms with van der Waals surface area (Å²) in [5.41, 5.74) is 0. The van der Waals surface area contributed by atoms with Crippen LogP contribution >= 0.6 is 11.6 Å². The van der Waals surface area contributed by atoms with Crippen LogP contribution in [0.2, 0.25) is 5.02 Å². The minimum atomic E-state index is -1.06. The number of aliphatic hydroxyl groups is 3. The average molecular weight is 447 g/mol. The van der Waals surface area contributed by atoms with Crippen LogP contribution in [0.3, 0.4) is 0 Å². The summed E-state index contributed by atoms with van der Waals surface area (Å²) in [7, 11) is 0. The van der Waals surface area contributed by atoms with Gasteiger partial charge in [-0.05, 0) is 49.8 Å². The maximum atomic E-state index is 10.4. The van der Waals surface area contributed by atoms with E-state index in [0.29, 0.717) is 30.0 Å². The molecule has 1 aliphatic carbocycles. The van der Waals surface area contributed by atoms with E-state index >= 15 is 0 Å². The van der Waals surface area contributed by atoms with Crippen molar-refractivity contribution < 1.29 is 59.5 Å². The number of hydrogen-bond acceptors (Lipinski definition) is 6. The minimum absolute atomic E-state index is 0. The number of benzene rings is 1. The van der Waals surface area contributed by atoms with Crippen LogP contribution in [0.5, 0.6) is 5.75 Å². The molecule has 1 aliphatic rings. The molecule has 3 N–H and O–H groups in total. The molecule has 0 aliphatic heterocycles. The fourth-order valence-corrected chi connectivity index (χ4v) is 3.67. The molecule has 0 bridgehead atoms. The summed E-state index contributed by atoms with van der Waals surface area (Å²) in [5.74, 6) is -0.947. The molecule has 1 saturated carbocycles. The van der Waals surface area contributed by atoms with E-state index in [-0.39, 0.29) is 60.8 Å². The second kappa shape index (κ2) is 14.2. The number of unbranched alkanes of at least 4 members (excludes halogenated alkanes) is 1. The third-order valence-electron chi connectivity index (χ3n) is 5.01. The fraction of sp³-hybridized carbons (Fsp3) is 0.500. The van der Waals surface area contributed by atoms with Crippen molar-refractivity contribution in [2.75, 3.05) is 6.61 Å². The molecule has 1 unspecified atom stereocenters. The molecule has 0 spiro atoms. The van der Waals surface area contributed by atoms with Gasteiger partial charge in [-0.3, -0.25) is 0 Å². The first kappa shape index (κ1) is 27.2. The van der Waals surface area contributed by atoms with Crippen molar-refractivity contribution in [3.8, 4) is 5.75 Å². The van der Waals surface area contributed by atoms with Gasteiger partial charge in [0.15, 0.2) is 0 Å². The Hall–Kier alpha value is -0.860. The summed E-state index contributed by atoms with van der Waals surface area (Å²) >= 11 is 5.89. The Morgan fingerprint density at radius 3 is 2.77 bits per heavy atom. The molecular weight excluding hydrogens is 419 g/mol. The Bertz CT molecular complexity index is 711. The van der Waals surface area contributed by atoms with Gasteiger partial charge in [0.05, 0.1) is 12.2 Å². The molecule has 2 rings (SSSR count). The summed E-state index contributed by atoms with van der Waals surface area (Å²) < 4.78 is 5.50. The summed E-state index contributed by atoms with van der Waals surface area (Å²) in [5, 5.41) is 41.6. The van der Waals surface area contributed by atoms with Crippen LogP contribution in [0.4, 0.5) is 0 Å². The van der Waals surface area contributed by atoms with Crippen LogP contribution in [0, 0.1) is 11.8 Å². The van der Waals surface area contributed by atoms with E-state index in [1.54, 1.807) is 36.4 Å². The van der Waals surface area contributed by atoms with Gasteiger partial charge in [0.2, 0.25) is 0 Å². The van der Waals surface area contributed by atoms with Gasteiger partial charge < -0.3 is 30.0 Å². The van der Waals surface area contributed by atoms with E-state index in [4.69, 9.17) is 16.3 Å². The zero-order valence-corrected chi connectivity index (χ0v) is 19.9. The second-order valence-corrected chi connectivity index (χ2v) is 7.74. The number of carboxylic acid groups (broad SMARTS) is 1. The Labute approximate surface area is 204 Å². The van der Waals surface area contributed by atoms with E-state index in [1.165, 1.54) is 0 Å². The molecule has 0 heterocycles. The van der Waals surface area contributed by atoms with Crippen molar-refractivity contribution in [2.24, 2.45) is 11.8 Å². The molecule has 6 nitrogen and oxygen atoms in total. The van der Waals surface area contributed by atoms with Crippen molar-refractivity contribution in [2.45, 2.75) is 50.4 Å². The van der Waals surface area contributed by atoms with Gasteiger partial charge in [-0.15, -0.1) is 0 Å². The maximum Gasteiger partial charge on any atom is 1.00 e. The number of carboxylic acids is 1. The smallest absolute Gasteiger partial charge is 0.550 e. The topological polar surface area (TPSA) is 110 Å². The predicted molar refractivity (Wildman–Crippen MR) is 108 cm³/mol. The number of aliphatic hydroxyl groups excluding tert-OH is 3. The van der Waals surface area contributed by atoms with E-state index in [9.17, 15) is 25.2 Å². The third kappa shape index (κ3) is 9.52. The van der Waals surface area contributed by atoms with Crippen molar-refractivity contribution in [1.82, 2.24) is 0 Å². The number of carbonyl (C=O) groups excluding carboxylic acids is 1. The van der Waals surface area contributed by atoms with Gasteiger partial charge in [-0.2, -0.15) is 0 Å². The molecular formula is C22H28ClNaO6. The van der Waals surface area contributed by atoms with Gasteiger partial charge in [-0.1, -0.05) is 42.0 Å². The Balaban J connectivity index is 0.00000450. The van der Waals surface area contributed by atoms with E-state index < -0.39 is 24.3 Å².